The lowest BCUT2D eigenvalue weighted by atomic mass is 10.1. The van der Waals surface area contributed by atoms with Crippen molar-refractivity contribution in [2.45, 2.75) is 26.0 Å². The number of carbonyl (C=O) groups is 3. The molecule has 0 radical (unpaired) electrons. The van der Waals surface area contributed by atoms with E-state index in [0.29, 0.717) is 16.5 Å². The Kier molecular flexibility index (Phi) is 4.57. The molecule has 9 heteroatoms. The maximum atomic E-state index is 12.1. The van der Waals surface area contributed by atoms with Crippen LogP contribution in [0.1, 0.15) is 19.4 Å². The molecule has 1 saturated heterocycles. The van der Waals surface area contributed by atoms with Gasteiger partial charge in [0.05, 0.1) is 0 Å². The summed E-state index contributed by atoms with van der Waals surface area (Å²) in [5, 5.41) is 3.10. The summed E-state index contributed by atoms with van der Waals surface area (Å²) in [5.41, 5.74) is -0.805. The Hall–Kier alpha value is -2.68. The highest BCUT2D eigenvalue weighted by atomic mass is 79.9. The van der Waals surface area contributed by atoms with Crippen molar-refractivity contribution in [1.29, 1.82) is 0 Å². The molecule has 2 aromatic rings. The summed E-state index contributed by atoms with van der Waals surface area (Å²) >= 11 is 3.29. The molecular formula is C17H15BrN2O6. The molecule has 0 atom stereocenters. The Morgan fingerprint density at radius 2 is 2.00 bits per heavy atom. The number of rotatable bonds is 4. The number of halogens is 1. The fourth-order valence-corrected chi connectivity index (χ4v) is 2.96. The minimum absolute atomic E-state index is 0.185. The topological polar surface area (TPSA) is 106 Å². The summed E-state index contributed by atoms with van der Waals surface area (Å²) in [5.74, 6) is -1.26. The van der Waals surface area contributed by atoms with Crippen LogP contribution in [-0.4, -0.2) is 34.9 Å². The van der Waals surface area contributed by atoms with Gasteiger partial charge in [-0.3, -0.25) is 14.5 Å². The van der Waals surface area contributed by atoms with Crippen LogP contribution >= 0.6 is 15.9 Å². The molecule has 0 aliphatic carbocycles. The Balaban J connectivity index is 1.73. The maximum Gasteiger partial charge on any atom is 0.336 e. The molecule has 2 heterocycles. The van der Waals surface area contributed by atoms with Gasteiger partial charge in [-0.2, -0.15) is 0 Å². The first-order valence-electron chi connectivity index (χ1n) is 7.69. The molecule has 1 aromatic heterocycles. The van der Waals surface area contributed by atoms with E-state index in [4.69, 9.17) is 9.15 Å². The summed E-state index contributed by atoms with van der Waals surface area (Å²) in [6.45, 7) is 2.41. The van der Waals surface area contributed by atoms with Crippen LogP contribution in [0, 0.1) is 0 Å². The van der Waals surface area contributed by atoms with E-state index in [1.807, 2.05) is 0 Å². The minimum atomic E-state index is -1.06. The fourth-order valence-electron chi connectivity index (χ4n) is 2.62. The average Bonchev–Trinajstić information content (AvgIpc) is 2.73. The van der Waals surface area contributed by atoms with Crippen LogP contribution in [-0.2, 0) is 20.9 Å². The second-order valence-corrected chi connectivity index (χ2v) is 7.25. The van der Waals surface area contributed by atoms with Crippen LogP contribution in [0.2, 0.25) is 0 Å². The van der Waals surface area contributed by atoms with Gasteiger partial charge in [0.25, 0.3) is 5.91 Å². The summed E-state index contributed by atoms with van der Waals surface area (Å²) in [6, 6.07) is 5.72. The number of benzene rings is 1. The van der Waals surface area contributed by atoms with Crippen molar-refractivity contribution in [2.75, 3.05) is 6.54 Å². The smallest absolute Gasteiger partial charge is 0.336 e. The third kappa shape index (κ3) is 3.48. The molecular weight excluding hydrogens is 408 g/mol. The van der Waals surface area contributed by atoms with E-state index in [-0.39, 0.29) is 6.61 Å². The lowest BCUT2D eigenvalue weighted by Crippen LogP contribution is -2.41. The highest BCUT2D eigenvalue weighted by molar-refractivity contribution is 9.10. The number of amides is 3. The van der Waals surface area contributed by atoms with Crippen LogP contribution in [0.25, 0.3) is 11.0 Å². The third-order valence-electron chi connectivity index (χ3n) is 3.91. The Bertz CT molecular complexity index is 981. The molecule has 8 nitrogen and oxygen atoms in total. The van der Waals surface area contributed by atoms with Gasteiger partial charge in [0.2, 0.25) is 0 Å². The van der Waals surface area contributed by atoms with Gasteiger partial charge in [0, 0.05) is 21.5 Å². The molecule has 26 heavy (non-hydrogen) atoms. The first-order chi connectivity index (χ1) is 12.2. The largest absolute Gasteiger partial charge is 0.459 e. The molecule has 1 aliphatic rings. The number of hydrogen-bond donors (Lipinski definition) is 1. The molecule has 1 N–H and O–H groups in total. The lowest BCUT2D eigenvalue weighted by molar-refractivity contribution is -0.148. The van der Waals surface area contributed by atoms with Crippen molar-refractivity contribution in [3.05, 3.63) is 44.7 Å². The molecule has 1 aliphatic heterocycles. The minimum Gasteiger partial charge on any atom is -0.459 e. The SMILES string of the molecule is CC1(C)NC(=O)N(CC(=O)OCc2cc(=O)oc3cc(Br)ccc23)C1=O. The predicted octanol–water partition coefficient (Wildman–Crippen LogP) is 1.93. The molecule has 3 rings (SSSR count). The van der Waals surface area contributed by atoms with Crippen molar-refractivity contribution >= 4 is 44.8 Å². The highest BCUT2D eigenvalue weighted by Gasteiger charge is 2.45. The number of hydrogen-bond acceptors (Lipinski definition) is 6. The van der Waals surface area contributed by atoms with E-state index in [2.05, 4.69) is 21.2 Å². The Labute approximate surface area is 156 Å². The highest BCUT2D eigenvalue weighted by Crippen LogP contribution is 2.22. The molecule has 0 bridgehead atoms. The molecule has 3 amide bonds. The number of imide groups is 1. The van der Waals surface area contributed by atoms with Crippen molar-refractivity contribution in [1.82, 2.24) is 10.2 Å². The Morgan fingerprint density at radius 3 is 2.65 bits per heavy atom. The zero-order valence-corrected chi connectivity index (χ0v) is 15.6. The molecule has 0 unspecified atom stereocenters. The second kappa shape index (κ2) is 6.56. The van der Waals surface area contributed by atoms with Gasteiger partial charge in [-0.15, -0.1) is 0 Å². The number of nitrogens with one attached hydrogen (secondary N) is 1. The Morgan fingerprint density at radius 1 is 1.27 bits per heavy atom. The van der Waals surface area contributed by atoms with Gasteiger partial charge in [0.1, 0.15) is 24.3 Å². The molecule has 0 spiro atoms. The molecule has 136 valence electrons. The van der Waals surface area contributed by atoms with Crippen molar-refractivity contribution in [3.63, 3.8) is 0 Å². The van der Waals surface area contributed by atoms with Gasteiger partial charge in [-0.05, 0) is 32.0 Å². The third-order valence-corrected chi connectivity index (χ3v) is 4.41. The van der Waals surface area contributed by atoms with Gasteiger partial charge in [-0.1, -0.05) is 15.9 Å². The number of nitrogens with zero attached hydrogens (tertiary/aromatic N) is 1. The monoisotopic (exact) mass is 422 g/mol. The second-order valence-electron chi connectivity index (χ2n) is 6.34. The van der Waals surface area contributed by atoms with Crippen molar-refractivity contribution < 1.29 is 23.5 Å². The fraction of sp³-hybridized carbons (Fsp3) is 0.294. The summed E-state index contributed by atoms with van der Waals surface area (Å²) < 4.78 is 11.0. The van der Waals surface area contributed by atoms with E-state index >= 15 is 0 Å². The van der Waals surface area contributed by atoms with Crippen LogP contribution < -0.4 is 10.9 Å². The van der Waals surface area contributed by atoms with E-state index in [0.717, 1.165) is 9.37 Å². The first-order valence-corrected chi connectivity index (χ1v) is 8.49. The predicted molar refractivity (Wildman–Crippen MR) is 94.3 cm³/mol. The summed E-state index contributed by atoms with van der Waals surface area (Å²) in [6.07, 6.45) is 0. The molecule has 0 saturated carbocycles. The standard InChI is InChI=1S/C17H15BrN2O6/c1-17(2)15(23)20(16(24)19-17)7-14(22)25-8-9-5-13(21)26-12-6-10(18)3-4-11(9)12/h3-6H,7-8H2,1-2H3,(H,19,24). The number of urea groups is 1. The number of esters is 1. The van der Waals surface area contributed by atoms with Gasteiger partial charge < -0.3 is 14.5 Å². The number of ether oxygens (including phenoxy) is 1. The van der Waals surface area contributed by atoms with E-state index in [1.165, 1.54) is 6.07 Å². The first kappa shape index (κ1) is 18.1. The van der Waals surface area contributed by atoms with Crippen molar-refractivity contribution in [3.8, 4) is 0 Å². The van der Waals surface area contributed by atoms with Crippen LogP contribution in [0.3, 0.4) is 0 Å². The molecule has 1 fully saturated rings. The summed E-state index contributed by atoms with van der Waals surface area (Å²) in [7, 11) is 0. The zero-order valence-electron chi connectivity index (χ0n) is 14.0. The summed E-state index contributed by atoms with van der Waals surface area (Å²) in [4.78, 5) is 48.4. The maximum absolute atomic E-state index is 12.1. The van der Waals surface area contributed by atoms with Gasteiger partial charge in [0.15, 0.2) is 0 Å². The van der Waals surface area contributed by atoms with Gasteiger partial charge in [-0.25, -0.2) is 9.59 Å². The van der Waals surface area contributed by atoms with E-state index in [1.54, 1.807) is 32.0 Å². The quantitative estimate of drug-likeness (QED) is 0.458. The van der Waals surface area contributed by atoms with Crippen LogP contribution in [0.4, 0.5) is 4.79 Å². The van der Waals surface area contributed by atoms with Crippen molar-refractivity contribution in [2.24, 2.45) is 0 Å². The normalized spacial score (nSPS) is 16.0. The number of carbonyl (C=O) groups excluding carboxylic acids is 3. The van der Waals surface area contributed by atoms with E-state index < -0.39 is 35.6 Å². The van der Waals surface area contributed by atoms with E-state index in [9.17, 15) is 19.2 Å². The van der Waals surface area contributed by atoms with Gasteiger partial charge >= 0.3 is 17.6 Å². The van der Waals surface area contributed by atoms with Crippen LogP contribution in [0.15, 0.2) is 37.9 Å². The molecule has 1 aromatic carbocycles. The average molecular weight is 423 g/mol. The van der Waals surface area contributed by atoms with Crippen LogP contribution in [0.5, 0.6) is 0 Å². The lowest BCUT2D eigenvalue weighted by Gasteiger charge is -2.15. The zero-order chi connectivity index (χ0) is 19.1. The number of fused-ring (bicyclic) bond motifs is 1.